The number of nitrogens with one attached hydrogen (secondary N) is 1. The van der Waals surface area contributed by atoms with Gasteiger partial charge < -0.3 is 20.0 Å². The van der Waals surface area contributed by atoms with Crippen molar-refractivity contribution in [1.82, 2.24) is 4.90 Å². The highest BCUT2D eigenvalue weighted by Crippen LogP contribution is 2.24. The zero-order valence-electron chi connectivity index (χ0n) is 16.0. The normalized spacial score (nSPS) is 17.3. The van der Waals surface area contributed by atoms with E-state index >= 15 is 0 Å². The molecule has 0 unspecified atom stereocenters. The van der Waals surface area contributed by atoms with Gasteiger partial charge in [0, 0.05) is 56.3 Å². The van der Waals surface area contributed by atoms with Crippen molar-refractivity contribution in [2.75, 3.05) is 54.4 Å². The van der Waals surface area contributed by atoms with Crippen LogP contribution in [0.25, 0.3) is 0 Å². The van der Waals surface area contributed by atoms with Crippen molar-refractivity contribution in [2.45, 2.75) is 19.8 Å². The second kappa shape index (κ2) is 7.91. The highest BCUT2D eigenvalue weighted by Gasteiger charge is 2.21. The van der Waals surface area contributed by atoms with E-state index in [9.17, 15) is 4.79 Å². The first kappa shape index (κ1) is 17.7. The summed E-state index contributed by atoms with van der Waals surface area (Å²) in [4.78, 5) is 19.2. The summed E-state index contributed by atoms with van der Waals surface area (Å²) in [6.45, 7) is 7.61. The van der Waals surface area contributed by atoms with Crippen LogP contribution in [0.5, 0.6) is 0 Å². The molecule has 5 nitrogen and oxygen atoms in total. The summed E-state index contributed by atoms with van der Waals surface area (Å²) >= 11 is 0. The van der Waals surface area contributed by atoms with E-state index in [1.165, 1.54) is 42.9 Å². The smallest absolute Gasteiger partial charge is 0.321 e. The first-order chi connectivity index (χ1) is 13.2. The van der Waals surface area contributed by atoms with E-state index in [-0.39, 0.29) is 6.03 Å². The Balaban J connectivity index is 1.30. The predicted octanol–water partition coefficient (Wildman–Crippen LogP) is 3.95. The van der Waals surface area contributed by atoms with E-state index in [2.05, 4.69) is 39.4 Å². The number of hydrogen-bond acceptors (Lipinski definition) is 3. The molecule has 27 heavy (non-hydrogen) atoms. The van der Waals surface area contributed by atoms with E-state index in [4.69, 9.17) is 0 Å². The Morgan fingerprint density at radius 1 is 0.741 bits per heavy atom. The van der Waals surface area contributed by atoms with Gasteiger partial charge in [-0.2, -0.15) is 0 Å². The van der Waals surface area contributed by atoms with Crippen LogP contribution in [0.3, 0.4) is 0 Å². The molecule has 0 spiro atoms. The number of nitrogens with zero attached hydrogens (tertiary/aromatic N) is 3. The van der Waals surface area contributed by atoms with Gasteiger partial charge in [0.05, 0.1) is 0 Å². The molecule has 2 aliphatic heterocycles. The molecule has 0 saturated carbocycles. The molecular formula is C22H28N4O. The molecule has 2 aromatic rings. The van der Waals surface area contributed by atoms with Crippen molar-refractivity contribution in [3.05, 3.63) is 54.1 Å². The van der Waals surface area contributed by atoms with Crippen LogP contribution >= 0.6 is 0 Å². The molecule has 2 heterocycles. The number of aryl methyl sites for hydroxylation is 1. The monoisotopic (exact) mass is 364 g/mol. The fourth-order valence-corrected chi connectivity index (χ4v) is 3.86. The van der Waals surface area contributed by atoms with E-state index in [0.29, 0.717) is 0 Å². The molecule has 4 rings (SSSR count). The maximum Gasteiger partial charge on any atom is 0.321 e. The molecule has 0 bridgehead atoms. The fourth-order valence-electron chi connectivity index (χ4n) is 3.86. The van der Waals surface area contributed by atoms with Gasteiger partial charge >= 0.3 is 6.03 Å². The minimum atomic E-state index is -0.0112. The molecule has 2 aliphatic rings. The first-order valence-electron chi connectivity index (χ1n) is 9.92. The molecule has 1 N–H and O–H groups in total. The van der Waals surface area contributed by atoms with Crippen LogP contribution in [-0.4, -0.2) is 50.2 Å². The molecule has 142 valence electrons. The minimum absolute atomic E-state index is 0.0112. The number of benzene rings is 2. The third-order valence-electron chi connectivity index (χ3n) is 5.56. The standard InChI is InChI=1S/C22H28N4O/c1-18-4-6-19(7-5-18)23-22(27)26-16-14-25(15-17-26)21-10-8-20(9-11-21)24-12-2-3-13-24/h4-11H,2-3,12-17H2,1H3,(H,23,27). The Hall–Kier alpha value is -2.69. The van der Waals surface area contributed by atoms with Crippen LogP contribution < -0.4 is 15.1 Å². The third-order valence-corrected chi connectivity index (χ3v) is 5.56. The summed E-state index contributed by atoms with van der Waals surface area (Å²) in [6, 6.07) is 16.8. The van der Waals surface area contributed by atoms with Crippen LogP contribution in [0.15, 0.2) is 48.5 Å². The van der Waals surface area contributed by atoms with E-state index in [1.807, 2.05) is 36.1 Å². The van der Waals surface area contributed by atoms with Crippen LogP contribution in [0.2, 0.25) is 0 Å². The largest absolute Gasteiger partial charge is 0.372 e. The Kier molecular flexibility index (Phi) is 5.19. The number of urea groups is 1. The molecule has 2 saturated heterocycles. The summed E-state index contributed by atoms with van der Waals surface area (Å²) in [5.41, 5.74) is 4.62. The molecule has 2 aromatic carbocycles. The van der Waals surface area contributed by atoms with Crippen molar-refractivity contribution in [1.29, 1.82) is 0 Å². The zero-order valence-corrected chi connectivity index (χ0v) is 16.0. The zero-order chi connectivity index (χ0) is 18.6. The Morgan fingerprint density at radius 2 is 1.26 bits per heavy atom. The number of rotatable bonds is 3. The molecule has 0 radical (unpaired) electrons. The number of hydrogen-bond donors (Lipinski definition) is 1. The van der Waals surface area contributed by atoms with Gasteiger partial charge in [0.2, 0.25) is 0 Å². The highest BCUT2D eigenvalue weighted by molar-refractivity contribution is 5.89. The maximum atomic E-state index is 12.5. The average molecular weight is 364 g/mol. The summed E-state index contributed by atoms with van der Waals surface area (Å²) < 4.78 is 0. The molecule has 0 atom stereocenters. The maximum absolute atomic E-state index is 12.5. The predicted molar refractivity (Wildman–Crippen MR) is 112 cm³/mol. The van der Waals surface area contributed by atoms with Crippen molar-refractivity contribution in [2.24, 2.45) is 0 Å². The van der Waals surface area contributed by atoms with Crippen LogP contribution in [0, 0.1) is 6.92 Å². The lowest BCUT2D eigenvalue weighted by atomic mass is 10.2. The van der Waals surface area contributed by atoms with Gasteiger partial charge in [-0.15, -0.1) is 0 Å². The van der Waals surface area contributed by atoms with Gasteiger partial charge in [0.1, 0.15) is 0 Å². The Bertz CT molecular complexity index is 758. The second-order valence-electron chi connectivity index (χ2n) is 7.48. The quantitative estimate of drug-likeness (QED) is 0.896. The van der Waals surface area contributed by atoms with Crippen LogP contribution in [0.1, 0.15) is 18.4 Å². The van der Waals surface area contributed by atoms with E-state index in [1.54, 1.807) is 0 Å². The highest BCUT2D eigenvalue weighted by atomic mass is 16.2. The lowest BCUT2D eigenvalue weighted by molar-refractivity contribution is 0.208. The molecule has 2 fully saturated rings. The van der Waals surface area contributed by atoms with Gasteiger partial charge in [0.15, 0.2) is 0 Å². The van der Waals surface area contributed by atoms with Crippen molar-refractivity contribution < 1.29 is 4.79 Å². The van der Waals surface area contributed by atoms with Gasteiger partial charge in [-0.3, -0.25) is 0 Å². The lowest BCUT2D eigenvalue weighted by Crippen LogP contribution is -2.50. The first-order valence-corrected chi connectivity index (χ1v) is 9.92. The SMILES string of the molecule is Cc1ccc(NC(=O)N2CCN(c3ccc(N4CCCC4)cc3)CC2)cc1. The Morgan fingerprint density at radius 3 is 1.81 bits per heavy atom. The summed E-state index contributed by atoms with van der Waals surface area (Å²) in [5, 5.41) is 3.00. The fraction of sp³-hybridized carbons (Fsp3) is 0.409. The number of anilines is 3. The topological polar surface area (TPSA) is 38.8 Å². The van der Waals surface area contributed by atoms with Gasteiger partial charge in [-0.25, -0.2) is 4.79 Å². The number of carbonyl (C=O) groups is 1. The van der Waals surface area contributed by atoms with Crippen LogP contribution in [0.4, 0.5) is 21.9 Å². The molecule has 0 aliphatic carbocycles. The van der Waals surface area contributed by atoms with Crippen molar-refractivity contribution in [3.63, 3.8) is 0 Å². The van der Waals surface area contributed by atoms with Crippen LogP contribution in [-0.2, 0) is 0 Å². The molecule has 2 amide bonds. The third kappa shape index (κ3) is 4.18. The summed E-state index contributed by atoms with van der Waals surface area (Å²) in [7, 11) is 0. The number of carbonyl (C=O) groups excluding carboxylic acids is 1. The number of piperazine rings is 1. The second-order valence-corrected chi connectivity index (χ2v) is 7.48. The van der Waals surface area contributed by atoms with Crippen molar-refractivity contribution >= 4 is 23.1 Å². The lowest BCUT2D eigenvalue weighted by Gasteiger charge is -2.36. The minimum Gasteiger partial charge on any atom is -0.372 e. The van der Waals surface area contributed by atoms with Gasteiger partial charge in [-0.05, 0) is 56.2 Å². The molecule has 5 heteroatoms. The van der Waals surface area contributed by atoms with Crippen molar-refractivity contribution in [3.8, 4) is 0 Å². The number of amides is 2. The van der Waals surface area contributed by atoms with E-state index in [0.717, 1.165) is 31.9 Å². The van der Waals surface area contributed by atoms with E-state index < -0.39 is 0 Å². The summed E-state index contributed by atoms with van der Waals surface area (Å²) in [6.07, 6.45) is 2.60. The van der Waals surface area contributed by atoms with Gasteiger partial charge in [-0.1, -0.05) is 17.7 Å². The van der Waals surface area contributed by atoms with Gasteiger partial charge in [0.25, 0.3) is 0 Å². The average Bonchev–Trinajstić information content (AvgIpc) is 3.25. The summed E-state index contributed by atoms with van der Waals surface area (Å²) in [5.74, 6) is 0. The Labute approximate surface area is 161 Å². The molecular weight excluding hydrogens is 336 g/mol. The molecule has 0 aromatic heterocycles.